The van der Waals surface area contributed by atoms with E-state index in [9.17, 15) is 4.79 Å². The van der Waals surface area contributed by atoms with Gasteiger partial charge in [-0.2, -0.15) is 0 Å². The summed E-state index contributed by atoms with van der Waals surface area (Å²) in [5, 5.41) is 0. The Bertz CT molecular complexity index is 431. The van der Waals surface area contributed by atoms with Gasteiger partial charge in [0.2, 0.25) is 5.78 Å². The van der Waals surface area contributed by atoms with Crippen LogP contribution < -0.4 is 0 Å². The van der Waals surface area contributed by atoms with Crippen LogP contribution >= 0.6 is 0 Å². The highest BCUT2D eigenvalue weighted by molar-refractivity contribution is 6.02. The molecule has 0 spiro atoms. The van der Waals surface area contributed by atoms with Crippen molar-refractivity contribution in [3.63, 3.8) is 0 Å². The minimum absolute atomic E-state index is 0.0564. The zero-order valence-corrected chi connectivity index (χ0v) is 10.4. The third-order valence-electron chi connectivity index (χ3n) is 3.88. The average molecular weight is 246 g/mol. The van der Waals surface area contributed by atoms with Gasteiger partial charge in [-0.05, 0) is 25.0 Å². The second kappa shape index (κ2) is 4.98. The van der Waals surface area contributed by atoms with Crippen LogP contribution in [-0.2, 0) is 0 Å². The molecule has 4 heteroatoms. The number of hydrogen-bond acceptors (Lipinski definition) is 4. The lowest BCUT2D eigenvalue weighted by Gasteiger charge is -2.30. The van der Waals surface area contributed by atoms with E-state index in [1.165, 1.54) is 32.2 Å². The molecule has 0 aromatic carbocycles. The monoisotopic (exact) mass is 246 g/mol. The maximum absolute atomic E-state index is 11.8. The fraction of sp³-hybridized carbons (Fsp3) is 0.500. The molecule has 0 unspecified atom stereocenters. The molecule has 3 aliphatic heterocycles. The van der Waals surface area contributed by atoms with Crippen molar-refractivity contribution in [1.29, 1.82) is 0 Å². The molecule has 18 heavy (non-hydrogen) atoms. The highest BCUT2D eigenvalue weighted by atomic mass is 16.3. The Hall–Kier alpha value is -1.55. The predicted molar refractivity (Wildman–Crippen MR) is 68.3 cm³/mol. The first-order chi connectivity index (χ1) is 8.83. The van der Waals surface area contributed by atoms with Crippen LogP contribution in [0.5, 0.6) is 0 Å². The fourth-order valence-electron chi connectivity index (χ4n) is 2.77. The molecule has 0 aliphatic carbocycles. The molecule has 3 aliphatic rings. The van der Waals surface area contributed by atoms with E-state index in [0.29, 0.717) is 11.8 Å². The van der Waals surface area contributed by atoms with Gasteiger partial charge in [-0.15, -0.1) is 0 Å². The highest BCUT2D eigenvalue weighted by Crippen LogP contribution is 2.20. The molecule has 0 amide bonds. The first-order valence-corrected chi connectivity index (χ1v) is 6.57. The Morgan fingerprint density at radius 2 is 2.11 bits per heavy atom. The standard InChI is InChI=1S/C14H18N2O2/c17-13(14-2-1-11-18-14)5-8-16-10-9-15-6-3-12(16)4-7-15/h1-2,5,8,11-12H,3-4,6-7,9-10H2/b8-5+. The molecule has 96 valence electrons. The van der Waals surface area contributed by atoms with Crippen LogP contribution in [0.3, 0.4) is 0 Å². The lowest BCUT2D eigenvalue weighted by molar-refractivity contribution is 0.101. The second-order valence-corrected chi connectivity index (χ2v) is 4.97. The number of carbonyl (C=O) groups excluding carboxylic acids is 1. The van der Waals surface area contributed by atoms with Crippen LogP contribution in [0.25, 0.3) is 0 Å². The van der Waals surface area contributed by atoms with Gasteiger partial charge in [-0.1, -0.05) is 0 Å². The Kier molecular flexibility index (Phi) is 3.19. The zero-order valence-electron chi connectivity index (χ0n) is 10.4. The van der Waals surface area contributed by atoms with Crippen molar-refractivity contribution in [1.82, 2.24) is 9.80 Å². The minimum atomic E-state index is -0.0564. The number of piperidine rings is 1. The molecule has 2 bridgehead atoms. The molecule has 3 saturated heterocycles. The summed E-state index contributed by atoms with van der Waals surface area (Å²) in [5.41, 5.74) is 0. The summed E-state index contributed by atoms with van der Waals surface area (Å²) in [6.07, 6.45) is 7.53. The molecular formula is C14H18N2O2. The first kappa shape index (κ1) is 11.5. The number of rotatable bonds is 3. The molecule has 4 heterocycles. The predicted octanol–water partition coefficient (Wildman–Crippen LogP) is 1.76. The summed E-state index contributed by atoms with van der Waals surface area (Å²) in [6, 6.07) is 4.04. The van der Waals surface area contributed by atoms with Gasteiger partial charge in [0.25, 0.3) is 0 Å². The maximum atomic E-state index is 11.8. The van der Waals surface area contributed by atoms with E-state index < -0.39 is 0 Å². The van der Waals surface area contributed by atoms with E-state index in [1.54, 1.807) is 18.2 Å². The van der Waals surface area contributed by atoms with E-state index in [0.717, 1.165) is 13.1 Å². The van der Waals surface area contributed by atoms with E-state index in [4.69, 9.17) is 4.42 Å². The highest BCUT2D eigenvalue weighted by Gasteiger charge is 2.27. The van der Waals surface area contributed by atoms with Crippen molar-refractivity contribution >= 4 is 5.78 Å². The van der Waals surface area contributed by atoms with E-state index in [2.05, 4.69) is 9.80 Å². The minimum Gasteiger partial charge on any atom is -0.461 e. The van der Waals surface area contributed by atoms with Crippen LogP contribution in [0.1, 0.15) is 23.4 Å². The van der Waals surface area contributed by atoms with Gasteiger partial charge in [0.1, 0.15) is 0 Å². The molecule has 1 aromatic heterocycles. The number of allylic oxidation sites excluding steroid dienone is 1. The summed E-state index contributed by atoms with van der Waals surface area (Å²) in [5.74, 6) is 0.355. The van der Waals surface area contributed by atoms with Crippen LogP contribution in [0.15, 0.2) is 35.1 Å². The topological polar surface area (TPSA) is 36.7 Å². The number of ketones is 1. The van der Waals surface area contributed by atoms with Gasteiger partial charge >= 0.3 is 0 Å². The third-order valence-corrected chi connectivity index (χ3v) is 3.88. The van der Waals surface area contributed by atoms with E-state index in [1.807, 2.05) is 6.20 Å². The Balaban J connectivity index is 1.66. The molecule has 3 fully saturated rings. The lowest BCUT2D eigenvalue weighted by atomic mass is 10.1. The van der Waals surface area contributed by atoms with Crippen LogP contribution in [0.2, 0.25) is 0 Å². The lowest BCUT2D eigenvalue weighted by Crippen LogP contribution is -2.35. The van der Waals surface area contributed by atoms with Gasteiger partial charge in [0, 0.05) is 44.5 Å². The fourth-order valence-corrected chi connectivity index (χ4v) is 2.77. The Morgan fingerprint density at radius 1 is 1.28 bits per heavy atom. The smallest absolute Gasteiger partial charge is 0.222 e. The maximum Gasteiger partial charge on any atom is 0.222 e. The van der Waals surface area contributed by atoms with Crippen LogP contribution in [0, 0.1) is 0 Å². The number of carbonyl (C=O) groups is 1. The molecule has 0 radical (unpaired) electrons. The molecule has 4 rings (SSSR count). The van der Waals surface area contributed by atoms with Crippen molar-refractivity contribution in [2.24, 2.45) is 0 Å². The van der Waals surface area contributed by atoms with Crippen molar-refractivity contribution in [3.05, 3.63) is 36.4 Å². The molecule has 0 saturated carbocycles. The van der Waals surface area contributed by atoms with Crippen molar-refractivity contribution < 1.29 is 9.21 Å². The van der Waals surface area contributed by atoms with Crippen LogP contribution in [-0.4, -0.2) is 47.8 Å². The first-order valence-electron chi connectivity index (χ1n) is 6.57. The molecule has 4 nitrogen and oxygen atoms in total. The Labute approximate surface area is 107 Å². The number of hydrogen-bond donors (Lipinski definition) is 0. The summed E-state index contributed by atoms with van der Waals surface area (Å²) in [4.78, 5) is 16.6. The average Bonchev–Trinajstić information content (AvgIpc) is 2.80. The normalized spacial score (nSPS) is 27.7. The van der Waals surface area contributed by atoms with Crippen molar-refractivity contribution in [3.8, 4) is 0 Å². The van der Waals surface area contributed by atoms with Gasteiger partial charge in [0.15, 0.2) is 5.76 Å². The number of fused-ring (bicyclic) bond motifs is 4. The molecule has 1 aromatic rings. The number of furan rings is 1. The second-order valence-electron chi connectivity index (χ2n) is 4.97. The Morgan fingerprint density at radius 3 is 2.83 bits per heavy atom. The molecular weight excluding hydrogens is 228 g/mol. The van der Waals surface area contributed by atoms with Crippen molar-refractivity contribution in [2.75, 3.05) is 26.2 Å². The largest absolute Gasteiger partial charge is 0.461 e. The zero-order chi connectivity index (χ0) is 12.4. The SMILES string of the molecule is O=C(/C=C/N1CCN2CCC1CC2)c1ccco1. The van der Waals surface area contributed by atoms with Gasteiger partial charge in [-0.3, -0.25) is 4.79 Å². The summed E-state index contributed by atoms with van der Waals surface area (Å²) < 4.78 is 5.09. The quantitative estimate of drug-likeness (QED) is 0.601. The van der Waals surface area contributed by atoms with E-state index in [-0.39, 0.29) is 5.78 Å². The van der Waals surface area contributed by atoms with E-state index >= 15 is 0 Å². The van der Waals surface area contributed by atoms with Gasteiger partial charge in [-0.25, -0.2) is 0 Å². The summed E-state index contributed by atoms with van der Waals surface area (Å²) >= 11 is 0. The number of nitrogens with zero attached hydrogens (tertiary/aromatic N) is 2. The van der Waals surface area contributed by atoms with Crippen molar-refractivity contribution in [2.45, 2.75) is 18.9 Å². The summed E-state index contributed by atoms with van der Waals surface area (Å²) in [7, 11) is 0. The third kappa shape index (κ3) is 2.34. The van der Waals surface area contributed by atoms with Gasteiger partial charge in [0.05, 0.1) is 6.26 Å². The summed E-state index contributed by atoms with van der Waals surface area (Å²) in [6.45, 7) is 4.52. The molecule has 0 atom stereocenters. The molecule has 0 N–H and O–H groups in total. The van der Waals surface area contributed by atoms with Crippen LogP contribution in [0.4, 0.5) is 0 Å². The van der Waals surface area contributed by atoms with Gasteiger partial charge < -0.3 is 14.2 Å².